The molecule has 0 aromatic heterocycles. The first-order chi connectivity index (χ1) is 14.0. The van der Waals surface area contributed by atoms with Crippen LogP contribution >= 0.6 is 0 Å². The van der Waals surface area contributed by atoms with Gasteiger partial charge in [-0.25, -0.2) is 0 Å². The summed E-state index contributed by atoms with van der Waals surface area (Å²) in [6.07, 6.45) is 6.65. The molecule has 0 spiro atoms. The van der Waals surface area contributed by atoms with Crippen molar-refractivity contribution in [3.63, 3.8) is 0 Å². The first-order valence-corrected chi connectivity index (χ1v) is 10.4. The molecule has 0 heterocycles. The minimum atomic E-state index is -0.527. The molecule has 1 radical (unpaired) electrons. The molecule has 0 aliphatic carbocycles. The van der Waals surface area contributed by atoms with Crippen molar-refractivity contribution >= 4 is 35.1 Å². The quantitative estimate of drug-likeness (QED) is 0.235. The second-order valence-electron chi connectivity index (χ2n) is 6.86. The summed E-state index contributed by atoms with van der Waals surface area (Å²) in [5, 5.41) is 0. The molecular formula is C21H39FeN3O6+3. The molecule has 0 bridgehead atoms. The van der Waals surface area contributed by atoms with Crippen LogP contribution in [0.25, 0.3) is 0 Å². The maximum Gasteiger partial charge on any atom is 3.00 e. The molecule has 0 aliphatic rings. The summed E-state index contributed by atoms with van der Waals surface area (Å²) < 4.78 is 0. The van der Waals surface area contributed by atoms with Crippen molar-refractivity contribution in [3.05, 3.63) is 0 Å². The molecule has 0 rings (SSSR count). The van der Waals surface area contributed by atoms with Gasteiger partial charge in [-0.2, -0.15) is 0 Å². The van der Waals surface area contributed by atoms with Gasteiger partial charge in [-0.1, -0.05) is 40.0 Å². The number of hydrogen-bond donors (Lipinski definition) is 3. The summed E-state index contributed by atoms with van der Waals surface area (Å²) in [7, 11) is 0. The minimum Gasteiger partial charge on any atom is -0.369 e. The maximum atomic E-state index is 10.7. The van der Waals surface area contributed by atoms with E-state index in [-0.39, 0.29) is 53.7 Å². The van der Waals surface area contributed by atoms with Gasteiger partial charge >= 0.3 is 17.1 Å². The van der Waals surface area contributed by atoms with Crippen LogP contribution in [0.1, 0.15) is 97.8 Å². The van der Waals surface area contributed by atoms with Gasteiger partial charge in [0.15, 0.2) is 0 Å². The van der Waals surface area contributed by atoms with Crippen molar-refractivity contribution in [1.82, 2.24) is 0 Å². The van der Waals surface area contributed by atoms with Crippen molar-refractivity contribution < 1.29 is 45.8 Å². The molecule has 0 atom stereocenters. The number of Topliss-reactive ketones (excluding diaryl/α,β-unsaturated/α-hetero) is 3. The molecule has 179 valence electrons. The number of nitrogens with two attached hydrogens (primary N) is 3. The SMILES string of the molecule is CCCCC(=O)CC(N)=O.CCCCC(=O)CC(N)=O.CCCCC(=O)CC(N)=O.[Fe+3]. The van der Waals surface area contributed by atoms with E-state index in [2.05, 4.69) is 0 Å². The van der Waals surface area contributed by atoms with Crippen molar-refractivity contribution in [3.8, 4) is 0 Å². The van der Waals surface area contributed by atoms with Gasteiger partial charge in [-0.3, -0.25) is 28.8 Å². The minimum absolute atomic E-state index is 0. The fourth-order valence-electron chi connectivity index (χ4n) is 1.97. The molecule has 0 aromatic rings. The second kappa shape index (κ2) is 26.0. The Bertz CT molecular complexity index is 477. The van der Waals surface area contributed by atoms with Crippen LogP contribution in [-0.4, -0.2) is 35.1 Å². The average Bonchev–Trinajstić information content (AvgIpc) is 2.62. The number of ketones is 3. The number of hydrogen-bond acceptors (Lipinski definition) is 6. The predicted molar refractivity (Wildman–Crippen MR) is 115 cm³/mol. The average molecular weight is 485 g/mol. The number of amides is 3. The fraction of sp³-hybridized carbons (Fsp3) is 0.714. The van der Waals surface area contributed by atoms with E-state index in [1.54, 1.807) is 0 Å². The zero-order valence-corrected chi connectivity index (χ0v) is 20.1. The molecule has 9 nitrogen and oxygen atoms in total. The Kier molecular flexibility index (Phi) is 30.4. The Morgan fingerprint density at radius 1 is 0.484 bits per heavy atom. The Labute approximate surface area is 196 Å². The fourth-order valence-corrected chi connectivity index (χ4v) is 1.97. The van der Waals surface area contributed by atoms with Crippen molar-refractivity contribution in [2.75, 3.05) is 0 Å². The summed E-state index contributed by atoms with van der Waals surface area (Å²) in [5.41, 5.74) is 14.4. The van der Waals surface area contributed by atoms with Gasteiger partial charge in [0.2, 0.25) is 17.7 Å². The summed E-state index contributed by atoms with van der Waals surface area (Å²) >= 11 is 0. The summed E-state index contributed by atoms with van der Waals surface area (Å²) in [4.78, 5) is 62.7. The zero-order chi connectivity index (χ0) is 23.9. The summed E-state index contributed by atoms with van der Waals surface area (Å²) in [5.74, 6) is -1.72. The molecule has 0 saturated carbocycles. The van der Waals surface area contributed by atoms with Crippen LogP contribution in [-0.2, 0) is 45.8 Å². The molecule has 3 amide bonds. The van der Waals surface area contributed by atoms with E-state index in [9.17, 15) is 28.8 Å². The van der Waals surface area contributed by atoms with Crippen LogP contribution in [0.4, 0.5) is 0 Å². The molecule has 0 aromatic carbocycles. The largest absolute Gasteiger partial charge is 3.00 e. The van der Waals surface area contributed by atoms with Gasteiger partial charge in [-0.05, 0) is 19.3 Å². The van der Waals surface area contributed by atoms with Gasteiger partial charge in [0.1, 0.15) is 17.3 Å². The molecule has 10 heteroatoms. The van der Waals surface area contributed by atoms with Crippen LogP contribution in [0.3, 0.4) is 0 Å². The smallest absolute Gasteiger partial charge is 0.369 e. The maximum absolute atomic E-state index is 10.7. The van der Waals surface area contributed by atoms with Crippen LogP contribution in [0.15, 0.2) is 0 Å². The summed E-state index contributed by atoms with van der Waals surface area (Å²) in [6.45, 7) is 5.99. The topological polar surface area (TPSA) is 180 Å². The standard InChI is InChI=1S/3C7H13NO2.Fe/c3*1-2-3-4-6(9)5-7(8)10;/h3*2-5H2,1H3,(H2,8,10);/q;;;+3. The molecule has 0 saturated heterocycles. The van der Waals surface area contributed by atoms with Crippen LogP contribution < -0.4 is 17.2 Å². The van der Waals surface area contributed by atoms with E-state index in [4.69, 9.17) is 17.2 Å². The van der Waals surface area contributed by atoms with Gasteiger partial charge in [0.05, 0.1) is 19.3 Å². The van der Waals surface area contributed by atoms with Crippen LogP contribution in [0.2, 0.25) is 0 Å². The van der Waals surface area contributed by atoms with E-state index in [1.165, 1.54) is 0 Å². The molecule has 31 heavy (non-hydrogen) atoms. The first kappa shape index (κ1) is 36.3. The van der Waals surface area contributed by atoms with Crippen molar-refractivity contribution in [2.45, 2.75) is 97.8 Å². The normalized spacial score (nSPS) is 9.00. The second-order valence-corrected chi connectivity index (χ2v) is 6.86. The molecule has 0 unspecified atom stereocenters. The first-order valence-electron chi connectivity index (χ1n) is 10.4. The van der Waals surface area contributed by atoms with Crippen molar-refractivity contribution in [1.29, 1.82) is 0 Å². The van der Waals surface area contributed by atoms with Crippen LogP contribution in [0.5, 0.6) is 0 Å². The third-order valence-electron chi connectivity index (χ3n) is 3.54. The monoisotopic (exact) mass is 485 g/mol. The number of unbranched alkanes of at least 4 members (excludes halogenated alkanes) is 3. The summed E-state index contributed by atoms with van der Waals surface area (Å²) in [6, 6.07) is 0. The molecular weight excluding hydrogens is 446 g/mol. The Hall–Kier alpha value is -2.06. The molecule has 0 aliphatic heterocycles. The van der Waals surface area contributed by atoms with Crippen molar-refractivity contribution in [2.24, 2.45) is 17.2 Å². The Morgan fingerprint density at radius 3 is 0.806 bits per heavy atom. The van der Waals surface area contributed by atoms with E-state index in [0.29, 0.717) is 19.3 Å². The van der Waals surface area contributed by atoms with E-state index in [1.807, 2.05) is 20.8 Å². The number of carbonyl (C=O) groups is 6. The molecule has 0 fully saturated rings. The van der Waals surface area contributed by atoms with Gasteiger partial charge in [0, 0.05) is 19.3 Å². The van der Waals surface area contributed by atoms with Gasteiger partial charge < -0.3 is 17.2 Å². The third kappa shape index (κ3) is 39.1. The predicted octanol–water partition coefficient (Wildman–Crippen LogP) is 1.86. The van der Waals surface area contributed by atoms with E-state index in [0.717, 1.165) is 38.5 Å². The Morgan fingerprint density at radius 2 is 0.677 bits per heavy atom. The third-order valence-corrected chi connectivity index (χ3v) is 3.54. The number of rotatable bonds is 15. The van der Waals surface area contributed by atoms with Gasteiger partial charge in [0.25, 0.3) is 0 Å². The molecule has 6 N–H and O–H groups in total. The number of primary amides is 3. The van der Waals surface area contributed by atoms with Gasteiger partial charge in [-0.15, -0.1) is 0 Å². The van der Waals surface area contributed by atoms with E-state index < -0.39 is 17.7 Å². The Balaban J connectivity index is -0.000000174. The number of carbonyl (C=O) groups excluding carboxylic acids is 6. The van der Waals surface area contributed by atoms with Crippen LogP contribution in [0, 0.1) is 0 Å². The van der Waals surface area contributed by atoms with E-state index >= 15 is 0 Å². The zero-order valence-electron chi connectivity index (χ0n) is 19.0.